The van der Waals surface area contributed by atoms with Crippen molar-refractivity contribution in [1.29, 1.82) is 0 Å². The zero-order valence-electron chi connectivity index (χ0n) is 8.75. The Morgan fingerprint density at radius 3 is 2.93 bits per heavy atom. The molecule has 0 aromatic carbocycles. The molecule has 4 nitrogen and oxygen atoms in total. The lowest BCUT2D eigenvalue weighted by molar-refractivity contribution is 0.112. The van der Waals surface area contributed by atoms with Crippen LogP contribution in [0.2, 0.25) is 0 Å². The van der Waals surface area contributed by atoms with Gasteiger partial charge in [-0.05, 0) is 19.4 Å². The fourth-order valence-electron chi connectivity index (χ4n) is 1.23. The highest BCUT2D eigenvalue weighted by atomic mass is 16.5. The quantitative estimate of drug-likeness (QED) is 0.413. The molecule has 0 aliphatic heterocycles. The second-order valence-corrected chi connectivity index (χ2v) is 3.28. The number of hydrazine groups is 1. The second kappa shape index (κ2) is 5.80. The molecule has 3 N–H and O–H groups in total. The van der Waals surface area contributed by atoms with E-state index in [2.05, 4.69) is 12.3 Å². The van der Waals surface area contributed by atoms with Crippen molar-refractivity contribution < 1.29 is 9.15 Å². The summed E-state index contributed by atoms with van der Waals surface area (Å²) in [6.07, 6.45) is 2.72. The van der Waals surface area contributed by atoms with Gasteiger partial charge in [-0.1, -0.05) is 6.92 Å². The van der Waals surface area contributed by atoms with Gasteiger partial charge in [0, 0.05) is 12.2 Å². The van der Waals surface area contributed by atoms with Crippen LogP contribution in [0.4, 0.5) is 0 Å². The van der Waals surface area contributed by atoms with Gasteiger partial charge in [0.2, 0.25) is 0 Å². The van der Waals surface area contributed by atoms with Crippen LogP contribution in [0, 0.1) is 6.92 Å². The largest absolute Gasteiger partial charge is 0.469 e. The van der Waals surface area contributed by atoms with Gasteiger partial charge in [-0.2, -0.15) is 0 Å². The third kappa shape index (κ3) is 3.14. The zero-order chi connectivity index (χ0) is 10.4. The van der Waals surface area contributed by atoms with E-state index in [1.54, 1.807) is 6.26 Å². The Balaban J connectivity index is 2.45. The van der Waals surface area contributed by atoms with E-state index in [1.165, 1.54) is 0 Å². The van der Waals surface area contributed by atoms with Gasteiger partial charge >= 0.3 is 0 Å². The number of hydrogen-bond donors (Lipinski definition) is 2. The maximum absolute atomic E-state index is 5.42. The number of rotatable bonds is 6. The summed E-state index contributed by atoms with van der Waals surface area (Å²) in [5, 5.41) is 0. The molecule has 1 rings (SSSR count). The second-order valence-electron chi connectivity index (χ2n) is 3.28. The predicted molar refractivity (Wildman–Crippen MR) is 54.6 cm³/mol. The van der Waals surface area contributed by atoms with Gasteiger partial charge < -0.3 is 9.15 Å². The highest BCUT2D eigenvalue weighted by Crippen LogP contribution is 2.15. The normalized spacial score (nSPS) is 13.1. The molecule has 1 atom stereocenters. The van der Waals surface area contributed by atoms with Crippen LogP contribution in [0.5, 0.6) is 0 Å². The van der Waals surface area contributed by atoms with Gasteiger partial charge in [-0.25, -0.2) is 0 Å². The molecular formula is C10H18N2O2. The Bertz CT molecular complexity index is 260. The zero-order valence-corrected chi connectivity index (χ0v) is 8.75. The van der Waals surface area contributed by atoms with Gasteiger partial charge in [0.15, 0.2) is 0 Å². The van der Waals surface area contributed by atoms with E-state index < -0.39 is 0 Å². The van der Waals surface area contributed by atoms with E-state index in [4.69, 9.17) is 15.0 Å². The lowest BCUT2D eigenvalue weighted by Gasteiger charge is -2.13. The molecule has 0 saturated carbocycles. The molecule has 0 aliphatic carbocycles. The summed E-state index contributed by atoms with van der Waals surface area (Å²) in [4.78, 5) is 0. The van der Waals surface area contributed by atoms with E-state index in [0.29, 0.717) is 6.61 Å². The highest BCUT2D eigenvalue weighted by Gasteiger charge is 2.11. The van der Waals surface area contributed by atoms with Crippen molar-refractivity contribution in [2.24, 2.45) is 5.84 Å². The average Bonchev–Trinajstić information content (AvgIpc) is 2.60. The monoisotopic (exact) mass is 198 g/mol. The first-order valence-corrected chi connectivity index (χ1v) is 4.86. The van der Waals surface area contributed by atoms with Crippen LogP contribution in [-0.2, 0) is 4.74 Å². The maximum atomic E-state index is 5.42. The van der Waals surface area contributed by atoms with Crippen LogP contribution < -0.4 is 11.3 Å². The van der Waals surface area contributed by atoms with Crippen molar-refractivity contribution in [3.8, 4) is 0 Å². The maximum Gasteiger partial charge on any atom is 0.101 e. The minimum atomic E-state index is 0.0130. The first-order valence-electron chi connectivity index (χ1n) is 4.86. The standard InChI is InChI=1S/C10H18N2O2/c1-3-4-13-7-10(12-11)9-5-8(2)14-6-9/h5-6,10,12H,3-4,7,11H2,1-2H3. The molecule has 1 heterocycles. The molecule has 0 amide bonds. The predicted octanol–water partition coefficient (Wildman–Crippen LogP) is 1.52. The summed E-state index contributed by atoms with van der Waals surface area (Å²) in [6, 6.07) is 1.97. The molecule has 14 heavy (non-hydrogen) atoms. The SMILES string of the molecule is CCCOCC(NN)c1coc(C)c1. The Hall–Kier alpha value is -0.840. The molecule has 0 fully saturated rings. The molecule has 0 radical (unpaired) electrons. The van der Waals surface area contributed by atoms with Crippen molar-refractivity contribution in [2.45, 2.75) is 26.3 Å². The lowest BCUT2D eigenvalue weighted by atomic mass is 10.1. The molecule has 0 aliphatic rings. The third-order valence-corrected chi connectivity index (χ3v) is 1.99. The summed E-state index contributed by atoms with van der Waals surface area (Å²) >= 11 is 0. The number of furan rings is 1. The molecule has 0 bridgehead atoms. The minimum absolute atomic E-state index is 0.0130. The van der Waals surface area contributed by atoms with Gasteiger partial charge in [0.25, 0.3) is 0 Å². The number of ether oxygens (including phenoxy) is 1. The van der Waals surface area contributed by atoms with Crippen LogP contribution in [0.3, 0.4) is 0 Å². The summed E-state index contributed by atoms with van der Waals surface area (Å²) in [5.74, 6) is 6.31. The molecule has 1 aromatic rings. The van der Waals surface area contributed by atoms with E-state index in [-0.39, 0.29) is 6.04 Å². The van der Waals surface area contributed by atoms with E-state index in [9.17, 15) is 0 Å². The average molecular weight is 198 g/mol. The summed E-state index contributed by atoms with van der Waals surface area (Å²) in [7, 11) is 0. The Morgan fingerprint density at radius 2 is 2.43 bits per heavy atom. The number of hydrogen-bond acceptors (Lipinski definition) is 4. The van der Waals surface area contributed by atoms with Gasteiger partial charge in [0.1, 0.15) is 5.76 Å². The molecule has 1 unspecified atom stereocenters. The van der Waals surface area contributed by atoms with Crippen LogP contribution in [-0.4, -0.2) is 13.2 Å². The Kier molecular flexibility index (Phi) is 4.65. The fraction of sp³-hybridized carbons (Fsp3) is 0.600. The number of aryl methyl sites for hydroxylation is 1. The van der Waals surface area contributed by atoms with Crippen molar-refractivity contribution in [2.75, 3.05) is 13.2 Å². The molecule has 1 aromatic heterocycles. The third-order valence-electron chi connectivity index (χ3n) is 1.99. The van der Waals surface area contributed by atoms with Crippen LogP contribution in [0.15, 0.2) is 16.7 Å². The Labute approximate surface area is 84.4 Å². The van der Waals surface area contributed by atoms with E-state index in [0.717, 1.165) is 24.4 Å². The first-order chi connectivity index (χ1) is 6.77. The summed E-state index contributed by atoms with van der Waals surface area (Å²) in [5.41, 5.74) is 3.73. The van der Waals surface area contributed by atoms with Crippen LogP contribution in [0.1, 0.15) is 30.7 Å². The molecule has 80 valence electrons. The minimum Gasteiger partial charge on any atom is -0.469 e. The van der Waals surface area contributed by atoms with Crippen molar-refractivity contribution in [3.05, 3.63) is 23.7 Å². The fourth-order valence-corrected chi connectivity index (χ4v) is 1.23. The number of nitrogens with one attached hydrogen (secondary N) is 1. The van der Waals surface area contributed by atoms with Crippen molar-refractivity contribution >= 4 is 0 Å². The summed E-state index contributed by atoms with van der Waals surface area (Å²) in [6.45, 7) is 5.31. The summed E-state index contributed by atoms with van der Waals surface area (Å²) < 4.78 is 10.6. The number of nitrogens with two attached hydrogens (primary N) is 1. The molecular weight excluding hydrogens is 180 g/mol. The van der Waals surface area contributed by atoms with Crippen LogP contribution >= 0.6 is 0 Å². The Morgan fingerprint density at radius 1 is 1.64 bits per heavy atom. The first kappa shape index (κ1) is 11.2. The van der Waals surface area contributed by atoms with Crippen molar-refractivity contribution in [3.63, 3.8) is 0 Å². The van der Waals surface area contributed by atoms with Crippen molar-refractivity contribution in [1.82, 2.24) is 5.43 Å². The highest BCUT2D eigenvalue weighted by molar-refractivity contribution is 5.16. The van der Waals surface area contributed by atoms with Gasteiger partial charge in [-0.3, -0.25) is 11.3 Å². The molecule has 0 saturated heterocycles. The molecule has 0 spiro atoms. The topological polar surface area (TPSA) is 60.4 Å². The van der Waals surface area contributed by atoms with Gasteiger partial charge in [0.05, 0.1) is 18.9 Å². The van der Waals surface area contributed by atoms with E-state index >= 15 is 0 Å². The van der Waals surface area contributed by atoms with Crippen LogP contribution in [0.25, 0.3) is 0 Å². The molecule has 4 heteroatoms. The smallest absolute Gasteiger partial charge is 0.101 e. The lowest BCUT2D eigenvalue weighted by Crippen LogP contribution is -2.31. The van der Waals surface area contributed by atoms with Gasteiger partial charge in [-0.15, -0.1) is 0 Å². The van der Waals surface area contributed by atoms with E-state index in [1.807, 2.05) is 13.0 Å².